The van der Waals surface area contributed by atoms with Crippen LogP contribution >= 0.6 is 23.2 Å². The summed E-state index contributed by atoms with van der Waals surface area (Å²) < 4.78 is 34.6. The second-order valence-corrected chi connectivity index (χ2v) is 12.1. The van der Waals surface area contributed by atoms with E-state index >= 15 is 0 Å². The van der Waals surface area contributed by atoms with Gasteiger partial charge in [-0.1, -0.05) is 35.3 Å². The van der Waals surface area contributed by atoms with Crippen molar-refractivity contribution >= 4 is 50.7 Å². The number of piperidine rings is 1. The molecule has 3 aromatic rings. The summed E-state index contributed by atoms with van der Waals surface area (Å²) in [6.07, 6.45) is 1.86. The fraction of sp³-hybridized carbons (Fsp3) is 0.259. The van der Waals surface area contributed by atoms with E-state index in [0.29, 0.717) is 60.4 Å². The predicted molar refractivity (Wildman–Crippen MR) is 145 cm³/mol. The lowest BCUT2D eigenvalue weighted by atomic mass is 9.77. The van der Waals surface area contributed by atoms with E-state index in [9.17, 15) is 18.0 Å². The average Bonchev–Trinajstić information content (AvgIpc) is 3.26. The fourth-order valence-corrected chi connectivity index (χ4v) is 6.21. The molecule has 3 aromatic carbocycles. The third-order valence-electron chi connectivity index (χ3n) is 6.96. The molecule has 2 aliphatic rings. The number of carbonyl (C=O) groups is 2. The van der Waals surface area contributed by atoms with Crippen LogP contribution in [-0.4, -0.2) is 44.8 Å². The highest BCUT2D eigenvalue weighted by Gasteiger charge is 2.42. The number of hydrogen-bond acceptors (Lipinski definition) is 5. The van der Waals surface area contributed by atoms with Gasteiger partial charge in [0.2, 0.25) is 5.91 Å². The Kier molecular flexibility index (Phi) is 7.26. The van der Waals surface area contributed by atoms with E-state index in [1.807, 2.05) is 0 Å². The van der Waals surface area contributed by atoms with Gasteiger partial charge in [0.15, 0.2) is 0 Å². The molecule has 198 valence electrons. The van der Waals surface area contributed by atoms with Gasteiger partial charge in [-0.2, -0.15) is 0 Å². The molecule has 2 aliphatic heterocycles. The summed E-state index contributed by atoms with van der Waals surface area (Å²) in [5.41, 5.74) is 0.180. The number of nitrogens with one attached hydrogen (secondary N) is 2. The van der Waals surface area contributed by atoms with E-state index < -0.39 is 10.0 Å². The first-order valence-electron chi connectivity index (χ1n) is 12.1. The maximum Gasteiger partial charge on any atom is 0.261 e. The first kappa shape index (κ1) is 26.3. The van der Waals surface area contributed by atoms with E-state index in [-0.39, 0.29) is 33.4 Å². The van der Waals surface area contributed by atoms with Gasteiger partial charge in [-0.25, -0.2) is 8.42 Å². The van der Waals surface area contributed by atoms with Crippen LogP contribution in [0.15, 0.2) is 71.6 Å². The van der Waals surface area contributed by atoms with Crippen LogP contribution in [0.25, 0.3) is 0 Å². The number of halogens is 2. The highest BCUT2D eigenvalue weighted by atomic mass is 35.5. The van der Waals surface area contributed by atoms with E-state index in [1.165, 1.54) is 42.5 Å². The Hall–Kier alpha value is -3.27. The number of para-hydroxylation sites is 1. The van der Waals surface area contributed by atoms with Crippen molar-refractivity contribution in [2.24, 2.45) is 5.41 Å². The molecular weight excluding hydrogens is 549 g/mol. The van der Waals surface area contributed by atoms with Gasteiger partial charge in [-0.3, -0.25) is 14.3 Å². The van der Waals surface area contributed by atoms with Crippen molar-refractivity contribution in [3.63, 3.8) is 0 Å². The number of nitrogens with zero attached hydrogens (tertiary/aromatic N) is 1. The van der Waals surface area contributed by atoms with Crippen molar-refractivity contribution in [2.45, 2.75) is 24.2 Å². The number of benzene rings is 3. The SMILES string of the molecule is O=C1CC2(CCN(C(=O)c3cc(Cl)ccc3NS(=O)(=O)c3ccc(Oc4ccccc4Cl)cc3)CC2)CN1. The maximum absolute atomic E-state index is 13.4. The molecule has 38 heavy (non-hydrogen) atoms. The second-order valence-electron chi connectivity index (χ2n) is 9.55. The Morgan fingerprint density at radius 1 is 1.00 bits per heavy atom. The fourth-order valence-electron chi connectivity index (χ4n) is 4.79. The highest BCUT2D eigenvalue weighted by molar-refractivity contribution is 7.92. The third-order valence-corrected chi connectivity index (χ3v) is 8.89. The molecule has 2 N–H and O–H groups in total. The topological polar surface area (TPSA) is 105 Å². The summed E-state index contributed by atoms with van der Waals surface area (Å²) in [5, 5.41) is 3.63. The monoisotopic (exact) mass is 573 g/mol. The number of hydrogen-bond donors (Lipinski definition) is 2. The first-order valence-corrected chi connectivity index (χ1v) is 14.3. The van der Waals surface area contributed by atoms with Gasteiger partial charge in [0.25, 0.3) is 15.9 Å². The van der Waals surface area contributed by atoms with Crippen LogP contribution in [-0.2, 0) is 14.8 Å². The van der Waals surface area contributed by atoms with Gasteiger partial charge < -0.3 is 15.0 Å². The van der Waals surface area contributed by atoms with Gasteiger partial charge >= 0.3 is 0 Å². The van der Waals surface area contributed by atoms with Crippen LogP contribution < -0.4 is 14.8 Å². The van der Waals surface area contributed by atoms with E-state index in [0.717, 1.165) is 0 Å². The van der Waals surface area contributed by atoms with Crippen LogP contribution in [0, 0.1) is 5.41 Å². The molecule has 5 rings (SSSR count). The number of amides is 2. The smallest absolute Gasteiger partial charge is 0.261 e. The molecule has 0 radical (unpaired) electrons. The van der Waals surface area contributed by atoms with E-state index in [1.54, 1.807) is 29.2 Å². The van der Waals surface area contributed by atoms with Gasteiger partial charge in [0, 0.05) is 31.1 Å². The largest absolute Gasteiger partial charge is 0.456 e. The van der Waals surface area contributed by atoms with Gasteiger partial charge in [0.1, 0.15) is 11.5 Å². The minimum absolute atomic E-state index is 0.00401. The summed E-state index contributed by atoms with van der Waals surface area (Å²) in [7, 11) is -4.03. The van der Waals surface area contributed by atoms with Gasteiger partial charge in [0.05, 0.1) is 21.2 Å². The maximum atomic E-state index is 13.4. The van der Waals surface area contributed by atoms with E-state index in [4.69, 9.17) is 27.9 Å². The quantitative estimate of drug-likeness (QED) is 0.414. The number of carbonyl (C=O) groups excluding carboxylic acids is 2. The summed E-state index contributed by atoms with van der Waals surface area (Å²) in [4.78, 5) is 26.8. The van der Waals surface area contributed by atoms with Crippen molar-refractivity contribution in [1.29, 1.82) is 0 Å². The van der Waals surface area contributed by atoms with Crippen LogP contribution in [0.1, 0.15) is 29.6 Å². The number of anilines is 1. The third kappa shape index (κ3) is 5.60. The van der Waals surface area contributed by atoms with Crippen molar-refractivity contribution < 1.29 is 22.7 Å². The molecule has 0 unspecified atom stereocenters. The standard InChI is InChI=1S/C27H25Cl2N3O5S/c28-18-5-10-23(21(15-18)26(34)32-13-11-27(12-14-32)16-25(33)30-17-27)31-38(35,36)20-8-6-19(7-9-20)37-24-4-2-1-3-22(24)29/h1-10,15,31H,11-14,16-17H2,(H,30,33). The summed E-state index contributed by atoms with van der Waals surface area (Å²) in [6, 6.07) is 17.3. The molecular formula is C27H25Cl2N3O5S. The zero-order valence-corrected chi connectivity index (χ0v) is 22.6. The van der Waals surface area contributed by atoms with E-state index in [2.05, 4.69) is 10.0 Å². The molecule has 11 heteroatoms. The predicted octanol–water partition coefficient (Wildman–Crippen LogP) is 5.33. The van der Waals surface area contributed by atoms with Crippen molar-refractivity contribution in [2.75, 3.05) is 24.4 Å². The van der Waals surface area contributed by atoms with Crippen molar-refractivity contribution in [3.05, 3.63) is 82.3 Å². The van der Waals surface area contributed by atoms with Crippen LogP contribution in [0.5, 0.6) is 11.5 Å². The molecule has 2 saturated heterocycles. The average molecular weight is 574 g/mol. The molecule has 0 bridgehead atoms. The Morgan fingerprint density at radius 2 is 1.71 bits per heavy atom. The number of sulfonamides is 1. The molecule has 0 saturated carbocycles. The molecule has 0 aliphatic carbocycles. The van der Waals surface area contributed by atoms with Crippen molar-refractivity contribution in [1.82, 2.24) is 10.2 Å². The van der Waals surface area contributed by atoms with Crippen molar-refractivity contribution in [3.8, 4) is 11.5 Å². The molecule has 2 heterocycles. The Labute approximate surface area is 230 Å². The Balaban J connectivity index is 1.31. The summed E-state index contributed by atoms with van der Waals surface area (Å²) in [6.45, 7) is 1.57. The summed E-state index contributed by atoms with van der Waals surface area (Å²) >= 11 is 12.3. The first-order chi connectivity index (χ1) is 18.1. The van der Waals surface area contributed by atoms with Crippen LogP contribution in [0.2, 0.25) is 10.0 Å². The Morgan fingerprint density at radius 3 is 2.37 bits per heavy atom. The van der Waals surface area contributed by atoms with Gasteiger partial charge in [-0.05, 0) is 72.9 Å². The number of likely N-dealkylation sites (tertiary alicyclic amines) is 1. The molecule has 0 aromatic heterocycles. The van der Waals surface area contributed by atoms with Gasteiger partial charge in [-0.15, -0.1) is 0 Å². The lowest BCUT2D eigenvalue weighted by molar-refractivity contribution is -0.119. The molecule has 8 nitrogen and oxygen atoms in total. The molecule has 2 amide bonds. The van der Waals surface area contributed by atoms with Crippen LogP contribution in [0.4, 0.5) is 5.69 Å². The second kappa shape index (κ2) is 10.5. The zero-order chi connectivity index (χ0) is 26.9. The minimum Gasteiger partial charge on any atom is -0.456 e. The Bertz CT molecular complexity index is 1490. The molecule has 0 atom stereocenters. The lowest BCUT2D eigenvalue weighted by Crippen LogP contribution is -2.44. The molecule has 2 fully saturated rings. The van der Waals surface area contributed by atoms with Crippen LogP contribution in [0.3, 0.4) is 0 Å². The number of rotatable bonds is 6. The minimum atomic E-state index is -4.03. The summed E-state index contributed by atoms with van der Waals surface area (Å²) in [5.74, 6) is 0.591. The highest BCUT2D eigenvalue weighted by Crippen LogP contribution is 2.38. The molecule has 1 spiro atoms. The lowest BCUT2D eigenvalue weighted by Gasteiger charge is -2.38. The number of ether oxygens (including phenoxy) is 1. The normalized spacial score (nSPS) is 16.8. The zero-order valence-electron chi connectivity index (χ0n) is 20.2.